The minimum absolute atomic E-state index is 0.00429. The highest BCUT2D eigenvalue weighted by molar-refractivity contribution is 8.01. The number of pyridine rings is 1. The number of rotatable bonds is 4. The lowest BCUT2D eigenvalue weighted by Crippen LogP contribution is -1.99. The molecule has 0 aliphatic carbocycles. The Bertz CT molecular complexity index is 644. The number of nitrogens with zero attached hydrogens (tertiary/aromatic N) is 3. The van der Waals surface area contributed by atoms with Crippen LogP contribution in [0.5, 0.6) is 0 Å². The number of carboxylic acids is 1. The fourth-order valence-electron chi connectivity index (χ4n) is 1.35. The molecule has 1 N–H and O–H groups in total. The number of carboxylic acid groups (broad SMARTS) is 1. The molecule has 0 atom stereocenters. The maximum Gasteiger partial charge on any atom is 0.308 e. The highest BCUT2D eigenvalue weighted by atomic mass is 32.2. The van der Waals surface area contributed by atoms with Crippen molar-refractivity contribution in [3.63, 3.8) is 0 Å². The Hall–Kier alpha value is -1.91. The molecule has 0 saturated heterocycles. The standard InChI is InChI=1S/C12H9N3O2S2/c1-7-10(4-11(16)17)19-12(15-7)18-9-3-2-8(5-13)14-6-9/h2-3,6H,4H2,1H3,(H,16,17). The Labute approximate surface area is 117 Å². The van der Waals surface area contributed by atoms with Gasteiger partial charge in [-0.3, -0.25) is 4.79 Å². The molecule has 0 bridgehead atoms. The van der Waals surface area contributed by atoms with Gasteiger partial charge in [-0.25, -0.2) is 9.97 Å². The summed E-state index contributed by atoms with van der Waals surface area (Å²) in [5.74, 6) is -0.858. The normalized spacial score (nSPS) is 10.1. The molecule has 0 saturated carbocycles. The molecule has 2 aromatic rings. The van der Waals surface area contributed by atoms with Crippen molar-refractivity contribution in [2.75, 3.05) is 0 Å². The number of aryl methyl sites for hydroxylation is 1. The van der Waals surface area contributed by atoms with Gasteiger partial charge in [-0.15, -0.1) is 11.3 Å². The van der Waals surface area contributed by atoms with Gasteiger partial charge in [-0.2, -0.15) is 5.26 Å². The Morgan fingerprint density at radius 2 is 2.37 bits per heavy atom. The third-order valence-electron chi connectivity index (χ3n) is 2.24. The highest BCUT2D eigenvalue weighted by Crippen LogP contribution is 2.32. The first-order valence-corrected chi connectivity index (χ1v) is 6.94. The lowest BCUT2D eigenvalue weighted by atomic mass is 10.3. The van der Waals surface area contributed by atoms with Crippen molar-refractivity contribution < 1.29 is 9.90 Å². The molecule has 0 radical (unpaired) electrons. The van der Waals surface area contributed by atoms with E-state index in [1.54, 1.807) is 25.3 Å². The van der Waals surface area contributed by atoms with Crippen LogP contribution in [0.1, 0.15) is 16.3 Å². The van der Waals surface area contributed by atoms with Crippen molar-refractivity contribution in [1.82, 2.24) is 9.97 Å². The van der Waals surface area contributed by atoms with E-state index in [-0.39, 0.29) is 6.42 Å². The molecule has 0 fully saturated rings. The third kappa shape index (κ3) is 3.53. The van der Waals surface area contributed by atoms with Gasteiger partial charge in [0.2, 0.25) is 0 Å². The summed E-state index contributed by atoms with van der Waals surface area (Å²) in [7, 11) is 0. The van der Waals surface area contributed by atoms with Gasteiger partial charge >= 0.3 is 5.97 Å². The Morgan fingerprint density at radius 1 is 1.58 bits per heavy atom. The number of aromatic nitrogens is 2. The molecule has 5 nitrogen and oxygen atoms in total. The zero-order valence-corrected chi connectivity index (χ0v) is 11.6. The summed E-state index contributed by atoms with van der Waals surface area (Å²) in [6.07, 6.45) is 1.60. The summed E-state index contributed by atoms with van der Waals surface area (Å²) in [4.78, 5) is 20.6. The van der Waals surface area contributed by atoms with Crippen LogP contribution in [0.4, 0.5) is 0 Å². The first-order chi connectivity index (χ1) is 9.08. The third-order valence-corrected chi connectivity index (χ3v) is 4.44. The number of hydrogen-bond donors (Lipinski definition) is 1. The fourth-order valence-corrected chi connectivity index (χ4v) is 3.52. The average molecular weight is 291 g/mol. The maximum absolute atomic E-state index is 10.7. The van der Waals surface area contributed by atoms with E-state index in [1.165, 1.54) is 23.1 Å². The molecular weight excluding hydrogens is 282 g/mol. The van der Waals surface area contributed by atoms with E-state index in [0.29, 0.717) is 5.69 Å². The molecule has 2 heterocycles. The highest BCUT2D eigenvalue weighted by Gasteiger charge is 2.12. The number of carbonyl (C=O) groups is 1. The summed E-state index contributed by atoms with van der Waals surface area (Å²) < 4.78 is 0.778. The van der Waals surface area contributed by atoms with Gasteiger partial charge in [0.1, 0.15) is 11.8 Å². The summed E-state index contributed by atoms with van der Waals surface area (Å²) in [6, 6.07) is 5.39. The molecule has 7 heteroatoms. The smallest absolute Gasteiger partial charge is 0.308 e. The molecule has 0 aromatic carbocycles. The molecule has 2 rings (SSSR count). The van der Waals surface area contributed by atoms with Gasteiger partial charge in [0.15, 0.2) is 4.34 Å². The lowest BCUT2D eigenvalue weighted by molar-refractivity contribution is -0.136. The van der Waals surface area contributed by atoms with Gasteiger partial charge in [-0.1, -0.05) is 11.8 Å². The van der Waals surface area contributed by atoms with Crippen LogP contribution in [0.3, 0.4) is 0 Å². The summed E-state index contributed by atoms with van der Waals surface area (Å²) in [6.45, 7) is 1.80. The number of thiazole rings is 1. The van der Waals surface area contributed by atoms with Crippen molar-refractivity contribution in [3.05, 3.63) is 34.6 Å². The minimum atomic E-state index is -0.858. The van der Waals surface area contributed by atoms with E-state index in [2.05, 4.69) is 9.97 Å². The van der Waals surface area contributed by atoms with E-state index in [4.69, 9.17) is 10.4 Å². The Kier molecular flexibility index (Phi) is 4.14. The van der Waals surface area contributed by atoms with Crippen LogP contribution in [0, 0.1) is 18.3 Å². The van der Waals surface area contributed by atoms with Gasteiger partial charge in [-0.05, 0) is 19.1 Å². The van der Waals surface area contributed by atoms with Gasteiger partial charge in [0.05, 0.1) is 12.1 Å². The van der Waals surface area contributed by atoms with E-state index in [1.807, 2.05) is 6.07 Å². The van der Waals surface area contributed by atoms with E-state index in [9.17, 15) is 4.79 Å². The van der Waals surface area contributed by atoms with Crippen molar-refractivity contribution in [1.29, 1.82) is 5.26 Å². The predicted octanol–water partition coefficient (Wildman–Crippen LogP) is 2.50. The molecule has 19 heavy (non-hydrogen) atoms. The van der Waals surface area contributed by atoms with Crippen molar-refractivity contribution in [2.24, 2.45) is 0 Å². The zero-order valence-electron chi connectivity index (χ0n) is 9.95. The molecular formula is C12H9N3O2S2. The van der Waals surface area contributed by atoms with Gasteiger partial charge in [0, 0.05) is 16.0 Å². The number of aliphatic carboxylic acids is 1. The minimum Gasteiger partial charge on any atom is -0.481 e. The molecule has 0 unspecified atom stereocenters. The largest absolute Gasteiger partial charge is 0.481 e. The predicted molar refractivity (Wildman–Crippen MR) is 71.3 cm³/mol. The van der Waals surface area contributed by atoms with Crippen LogP contribution in [-0.4, -0.2) is 21.0 Å². The second-order valence-electron chi connectivity index (χ2n) is 3.65. The van der Waals surface area contributed by atoms with Gasteiger partial charge in [0.25, 0.3) is 0 Å². The summed E-state index contributed by atoms with van der Waals surface area (Å²) >= 11 is 2.78. The first-order valence-electron chi connectivity index (χ1n) is 5.30. The molecule has 0 amide bonds. The molecule has 2 aromatic heterocycles. The van der Waals surface area contributed by atoms with Crippen LogP contribution in [0.15, 0.2) is 27.6 Å². The number of nitriles is 1. The van der Waals surface area contributed by atoms with Crippen LogP contribution >= 0.6 is 23.1 Å². The van der Waals surface area contributed by atoms with E-state index in [0.717, 1.165) is 19.8 Å². The summed E-state index contributed by atoms with van der Waals surface area (Å²) in [5, 5.41) is 17.4. The first kappa shape index (κ1) is 13.5. The SMILES string of the molecule is Cc1nc(Sc2ccc(C#N)nc2)sc1CC(=O)O. The Balaban J connectivity index is 2.14. The van der Waals surface area contributed by atoms with E-state index >= 15 is 0 Å². The summed E-state index contributed by atoms with van der Waals surface area (Å²) in [5.41, 5.74) is 1.11. The Morgan fingerprint density at radius 3 is 2.95 bits per heavy atom. The second-order valence-corrected chi connectivity index (χ2v) is 6.06. The fraction of sp³-hybridized carbons (Fsp3) is 0.167. The van der Waals surface area contributed by atoms with Crippen LogP contribution in [0.25, 0.3) is 0 Å². The molecule has 0 aliphatic rings. The van der Waals surface area contributed by atoms with Crippen LogP contribution in [0.2, 0.25) is 0 Å². The second kappa shape index (κ2) is 5.82. The van der Waals surface area contributed by atoms with Crippen molar-refractivity contribution in [2.45, 2.75) is 22.6 Å². The topological polar surface area (TPSA) is 86.9 Å². The zero-order chi connectivity index (χ0) is 13.8. The monoisotopic (exact) mass is 291 g/mol. The van der Waals surface area contributed by atoms with Crippen LogP contribution in [-0.2, 0) is 11.2 Å². The van der Waals surface area contributed by atoms with Crippen molar-refractivity contribution in [3.8, 4) is 6.07 Å². The quantitative estimate of drug-likeness (QED) is 0.931. The van der Waals surface area contributed by atoms with E-state index < -0.39 is 5.97 Å². The van der Waals surface area contributed by atoms with Gasteiger partial charge < -0.3 is 5.11 Å². The molecule has 96 valence electrons. The lowest BCUT2D eigenvalue weighted by Gasteiger charge is -1.96. The maximum atomic E-state index is 10.7. The molecule has 0 spiro atoms. The molecule has 0 aliphatic heterocycles. The van der Waals surface area contributed by atoms with Crippen LogP contribution < -0.4 is 0 Å². The number of hydrogen-bond acceptors (Lipinski definition) is 6. The average Bonchev–Trinajstić information content (AvgIpc) is 2.70. The van der Waals surface area contributed by atoms with Crippen molar-refractivity contribution >= 4 is 29.1 Å².